The fraction of sp³-hybridized carbons (Fsp3) is 0.407. The molecule has 194 valence electrons. The maximum atomic E-state index is 13.6. The van der Waals surface area contributed by atoms with E-state index in [4.69, 9.17) is 9.47 Å². The Morgan fingerprint density at radius 1 is 1.06 bits per heavy atom. The minimum atomic E-state index is -4.08. The summed E-state index contributed by atoms with van der Waals surface area (Å²) in [7, 11) is -1.29. The summed E-state index contributed by atoms with van der Waals surface area (Å²) in [4.78, 5) is 27.5. The van der Waals surface area contributed by atoms with Crippen LogP contribution in [0.2, 0.25) is 0 Å². The molecule has 36 heavy (non-hydrogen) atoms. The molecular weight excluding hydrogens is 480 g/mol. The molecular formula is C27H34N2O6S. The number of rotatable bonds is 9. The molecule has 0 fully saturated rings. The van der Waals surface area contributed by atoms with Gasteiger partial charge in [-0.1, -0.05) is 19.9 Å². The molecule has 1 heterocycles. The second-order valence-electron chi connectivity index (χ2n) is 9.40. The van der Waals surface area contributed by atoms with E-state index in [-0.39, 0.29) is 16.6 Å². The Bertz CT molecular complexity index is 1440. The molecule has 3 aromatic rings. The molecule has 0 saturated carbocycles. The van der Waals surface area contributed by atoms with E-state index in [1.807, 2.05) is 25.1 Å². The zero-order valence-corrected chi connectivity index (χ0v) is 22.8. The van der Waals surface area contributed by atoms with Gasteiger partial charge < -0.3 is 14.5 Å². The van der Waals surface area contributed by atoms with Gasteiger partial charge in [-0.25, -0.2) is 8.42 Å². The quantitative estimate of drug-likeness (QED) is 0.324. The number of esters is 1. The van der Waals surface area contributed by atoms with Crippen molar-refractivity contribution in [1.82, 2.24) is 9.71 Å². The van der Waals surface area contributed by atoms with Gasteiger partial charge in [0, 0.05) is 34.6 Å². The molecule has 0 amide bonds. The molecule has 9 heteroatoms. The Labute approximate surface area is 212 Å². The number of aromatic amines is 1. The van der Waals surface area contributed by atoms with Crippen molar-refractivity contribution in [2.75, 3.05) is 14.2 Å². The first kappa shape index (κ1) is 27.4. The molecule has 2 N–H and O–H groups in total. The van der Waals surface area contributed by atoms with E-state index in [0.29, 0.717) is 34.4 Å². The van der Waals surface area contributed by atoms with Gasteiger partial charge in [0.1, 0.15) is 11.8 Å². The maximum absolute atomic E-state index is 13.6. The summed E-state index contributed by atoms with van der Waals surface area (Å²) in [5, 5.41) is 0.813. The van der Waals surface area contributed by atoms with Crippen LogP contribution in [0.5, 0.6) is 5.75 Å². The lowest BCUT2D eigenvalue weighted by Crippen LogP contribution is -2.45. The molecule has 0 aliphatic rings. The van der Waals surface area contributed by atoms with Gasteiger partial charge in [-0.05, 0) is 68.0 Å². The summed E-state index contributed by atoms with van der Waals surface area (Å²) in [6, 6.07) is 4.76. The number of sulfonamides is 1. The van der Waals surface area contributed by atoms with Crippen LogP contribution in [0.3, 0.4) is 0 Å². The van der Waals surface area contributed by atoms with Gasteiger partial charge in [-0.15, -0.1) is 0 Å². The van der Waals surface area contributed by atoms with Crippen LogP contribution in [-0.4, -0.2) is 45.4 Å². The zero-order chi connectivity index (χ0) is 26.9. The van der Waals surface area contributed by atoms with E-state index in [0.717, 1.165) is 22.0 Å². The highest BCUT2D eigenvalue weighted by Gasteiger charge is 2.33. The van der Waals surface area contributed by atoms with Gasteiger partial charge in [0.2, 0.25) is 10.0 Å². The molecule has 3 rings (SSSR count). The van der Waals surface area contributed by atoms with Crippen molar-refractivity contribution in [2.45, 2.75) is 58.9 Å². The SMILES string of the molecule is COC(=O)[C@H](NS(=O)(=O)c1c(C)c(C)c(OC)c(Cc2ccc3[nH]cc(C(C)=O)c3c2)c1C)C(C)C. The van der Waals surface area contributed by atoms with E-state index in [1.165, 1.54) is 14.0 Å². The van der Waals surface area contributed by atoms with E-state index in [2.05, 4.69) is 9.71 Å². The minimum Gasteiger partial charge on any atom is -0.496 e. The van der Waals surface area contributed by atoms with Crippen molar-refractivity contribution in [3.8, 4) is 5.75 Å². The van der Waals surface area contributed by atoms with Crippen molar-refractivity contribution in [2.24, 2.45) is 5.92 Å². The molecule has 0 aliphatic heterocycles. The monoisotopic (exact) mass is 514 g/mol. The largest absolute Gasteiger partial charge is 0.496 e. The van der Waals surface area contributed by atoms with Crippen LogP contribution in [-0.2, 0) is 26.0 Å². The lowest BCUT2D eigenvalue weighted by Gasteiger charge is -2.24. The highest BCUT2D eigenvalue weighted by molar-refractivity contribution is 7.89. The van der Waals surface area contributed by atoms with Gasteiger partial charge in [-0.2, -0.15) is 4.72 Å². The molecule has 0 unspecified atom stereocenters. The number of methoxy groups -OCH3 is 2. The first-order chi connectivity index (χ1) is 16.8. The number of carbonyl (C=O) groups excluding carboxylic acids is 2. The molecule has 1 atom stereocenters. The molecule has 0 spiro atoms. The van der Waals surface area contributed by atoms with Gasteiger partial charge in [0.15, 0.2) is 5.78 Å². The number of fused-ring (bicyclic) bond motifs is 1. The van der Waals surface area contributed by atoms with E-state index in [1.54, 1.807) is 41.0 Å². The number of hydrogen-bond acceptors (Lipinski definition) is 6. The molecule has 0 saturated heterocycles. The molecule has 0 radical (unpaired) electrons. The third kappa shape index (κ3) is 5.03. The van der Waals surface area contributed by atoms with Crippen molar-refractivity contribution in [3.05, 3.63) is 57.8 Å². The Hall–Kier alpha value is -3.17. The van der Waals surface area contributed by atoms with Crippen molar-refractivity contribution < 1.29 is 27.5 Å². The number of ether oxygens (including phenoxy) is 2. The lowest BCUT2D eigenvalue weighted by molar-refractivity contribution is -0.143. The van der Waals surface area contributed by atoms with Crippen molar-refractivity contribution in [1.29, 1.82) is 0 Å². The van der Waals surface area contributed by atoms with Gasteiger partial charge in [-0.3, -0.25) is 9.59 Å². The van der Waals surface area contributed by atoms with Gasteiger partial charge in [0.05, 0.1) is 19.1 Å². The van der Waals surface area contributed by atoms with Crippen LogP contribution in [0, 0.1) is 26.7 Å². The number of carbonyl (C=O) groups is 2. The number of Topliss-reactive ketones (excluding diaryl/α,β-unsaturated/α-hetero) is 1. The third-order valence-electron chi connectivity index (χ3n) is 6.69. The predicted octanol–water partition coefficient (Wildman–Crippen LogP) is 4.37. The highest BCUT2D eigenvalue weighted by atomic mass is 32.2. The Morgan fingerprint density at radius 2 is 1.72 bits per heavy atom. The Morgan fingerprint density at radius 3 is 2.28 bits per heavy atom. The normalized spacial score (nSPS) is 12.7. The lowest BCUT2D eigenvalue weighted by atomic mass is 9.93. The highest BCUT2D eigenvalue weighted by Crippen LogP contribution is 2.37. The van der Waals surface area contributed by atoms with Crippen LogP contribution in [0.1, 0.15) is 58.9 Å². The molecule has 2 aromatic carbocycles. The summed E-state index contributed by atoms with van der Waals surface area (Å²) in [5.41, 5.74) is 4.86. The Balaban J connectivity index is 2.17. The first-order valence-corrected chi connectivity index (χ1v) is 13.2. The summed E-state index contributed by atoms with van der Waals surface area (Å²) in [6.07, 6.45) is 2.09. The second kappa shape index (κ2) is 10.4. The van der Waals surface area contributed by atoms with Gasteiger partial charge >= 0.3 is 5.97 Å². The fourth-order valence-electron chi connectivity index (χ4n) is 4.63. The smallest absolute Gasteiger partial charge is 0.324 e. The number of ketones is 1. The standard InChI is InChI=1S/C27H34N2O6S/c1-14(2)24(27(31)35-8)29-36(32,33)26-16(4)15(3)25(34-7)20(17(26)5)11-19-9-10-23-21(12-19)22(13-28-23)18(6)30/h9-10,12-14,24,28-29H,11H2,1-8H3/t24-/m1/s1. The van der Waals surface area contributed by atoms with E-state index < -0.39 is 22.0 Å². The number of aromatic nitrogens is 1. The first-order valence-electron chi connectivity index (χ1n) is 11.7. The molecule has 0 aliphatic carbocycles. The van der Waals surface area contributed by atoms with E-state index >= 15 is 0 Å². The van der Waals surface area contributed by atoms with Crippen LogP contribution in [0.15, 0.2) is 29.3 Å². The maximum Gasteiger partial charge on any atom is 0.324 e. The minimum absolute atomic E-state index is 0.0388. The van der Waals surface area contributed by atoms with Crippen LogP contribution >= 0.6 is 0 Å². The van der Waals surface area contributed by atoms with Crippen LogP contribution < -0.4 is 9.46 Å². The number of benzene rings is 2. The van der Waals surface area contributed by atoms with Crippen molar-refractivity contribution in [3.63, 3.8) is 0 Å². The topological polar surface area (TPSA) is 115 Å². The van der Waals surface area contributed by atoms with E-state index in [9.17, 15) is 18.0 Å². The van der Waals surface area contributed by atoms with Crippen LogP contribution in [0.25, 0.3) is 10.9 Å². The summed E-state index contributed by atoms with van der Waals surface area (Å²) in [6.45, 7) is 10.3. The summed E-state index contributed by atoms with van der Waals surface area (Å²) in [5.74, 6) is -0.382. The average Bonchev–Trinajstić information content (AvgIpc) is 3.24. The number of H-pyrrole nitrogens is 1. The summed E-state index contributed by atoms with van der Waals surface area (Å²) >= 11 is 0. The second-order valence-corrected chi connectivity index (χ2v) is 11.0. The molecule has 0 bridgehead atoms. The molecule has 8 nitrogen and oxygen atoms in total. The van der Waals surface area contributed by atoms with Crippen molar-refractivity contribution >= 4 is 32.7 Å². The Kier molecular flexibility index (Phi) is 7.95. The average molecular weight is 515 g/mol. The van der Waals surface area contributed by atoms with Gasteiger partial charge in [0.25, 0.3) is 0 Å². The zero-order valence-electron chi connectivity index (χ0n) is 22.0. The summed E-state index contributed by atoms with van der Waals surface area (Å²) < 4.78 is 40.4. The molecule has 1 aromatic heterocycles. The number of hydrogen-bond donors (Lipinski definition) is 2. The fourth-order valence-corrected chi connectivity index (χ4v) is 6.53. The third-order valence-corrected chi connectivity index (χ3v) is 8.41. The van der Waals surface area contributed by atoms with Crippen LogP contribution in [0.4, 0.5) is 0 Å². The number of nitrogens with one attached hydrogen (secondary N) is 2. The predicted molar refractivity (Wildman–Crippen MR) is 139 cm³/mol.